The number of hydrogen-bond acceptors (Lipinski definition) is 4. The summed E-state index contributed by atoms with van der Waals surface area (Å²) < 4.78 is 79.3. The van der Waals surface area contributed by atoms with Crippen LogP contribution in [0.15, 0.2) is 17.2 Å². The lowest BCUT2D eigenvalue weighted by Crippen LogP contribution is -2.17. The Morgan fingerprint density at radius 2 is 1.71 bits per heavy atom. The van der Waals surface area contributed by atoms with Crippen LogP contribution in [0.4, 0.5) is 29.1 Å². The van der Waals surface area contributed by atoms with Gasteiger partial charge < -0.3 is 5.73 Å². The molecule has 6 nitrogen and oxygen atoms in total. The fraction of sp³-hybridized carbons (Fsp3) is 0.100. The Morgan fingerprint density at radius 3 is 2.14 bits per heavy atom. The van der Waals surface area contributed by atoms with E-state index in [1.54, 1.807) is 0 Å². The number of sulfonamides is 1. The Morgan fingerprint density at radius 1 is 1.19 bits per heavy atom. The molecule has 0 radical (unpaired) electrons. The van der Waals surface area contributed by atoms with Crippen LogP contribution in [0.1, 0.15) is 0 Å². The lowest BCUT2D eigenvalue weighted by atomic mass is 10.3. The highest BCUT2D eigenvalue weighted by Crippen LogP contribution is 2.27. The Kier molecular flexibility index (Phi) is 3.53. The van der Waals surface area contributed by atoms with Gasteiger partial charge in [0.25, 0.3) is 10.0 Å². The number of aromatic nitrogens is 2. The Balaban J connectivity index is 2.54. The smallest absolute Gasteiger partial charge is 0.267 e. The van der Waals surface area contributed by atoms with Crippen LogP contribution in [0.25, 0.3) is 0 Å². The van der Waals surface area contributed by atoms with Gasteiger partial charge in [0.05, 0.1) is 0 Å². The van der Waals surface area contributed by atoms with Crippen molar-refractivity contribution in [2.24, 2.45) is 7.05 Å². The summed E-state index contributed by atoms with van der Waals surface area (Å²) in [5.41, 5.74) is 3.85. The third kappa shape index (κ3) is 2.63. The molecule has 0 amide bonds. The van der Waals surface area contributed by atoms with Crippen LogP contribution in [0.5, 0.6) is 0 Å². The first-order chi connectivity index (χ1) is 9.63. The standard InChI is InChI=1S/C10H8F4N4O2S/c1-18-3-6(10(15)16-18)21(19,20)17-9-7(13)4(11)2-5(12)8(9)14/h2-3,17H,1H3,(H2,15,16). The van der Waals surface area contributed by atoms with E-state index in [1.807, 2.05) is 0 Å². The third-order valence-electron chi connectivity index (χ3n) is 2.46. The average Bonchev–Trinajstić information content (AvgIpc) is 2.72. The van der Waals surface area contributed by atoms with Gasteiger partial charge in [-0.25, -0.2) is 26.0 Å². The van der Waals surface area contributed by atoms with E-state index < -0.39 is 49.7 Å². The number of nitrogens with two attached hydrogens (primary N) is 1. The highest BCUT2D eigenvalue weighted by atomic mass is 32.2. The number of nitrogen functional groups attached to an aromatic ring is 1. The van der Waals surface area contributed by atoms with Crippen molar-refractivity contribution in [3.8, 4) is 0 Å². The first-order valence-corrected chi connectivity index (χ1v) is 6.76. The second-order valence-corrected chi connectivity index (χ2v) is 5.65. The Bertz CT molecular complexity index is 793. The van der Waals surface area contributed by atoms with Gasteiger partial charge in [-0.1, -0.05) is 0 Å². The zero-order valence-electron chi connectivity index (χ0n) is 10.4. The van der Waals surface area contributed by atoms with E-state index >= 15 is 0 Å². The molecule has 21 heavy (non-hydrogen) atoms. The molecule has 114 valence electrons. The summed E-state index contributed by atoms with van der Waals surface area (Å²) in [5.74, 6) is -7.68. The van der Waals surface area contributed by atoms with Gasteiger partial charge in [-0.05, 0) is 0 Å². The first kappa shape index (κ1) is 15.1. The molecule has 0 aliphatic heterocycles. The van der Waals surface area contributed by atoms with E-state index in [2.05, 4.69) is 5.10 Å². The van der Waals surface area contributed by atoms with Gasteiger partial charge in [-0.2, -0.15) is 5.10 Å². The lowest BCUT2D eigenvalue weighted by Gasteiger charge is -2.10. The van der Waals surface area contributed by atoms with E-state index in [1.165, 1.54) is 11.8 Å². The van der Waals surface area contributed by atoms with E-state index in [4.69, 9.17) is 5.73 Å². The number of nitrogens with zero attached hydrogens (tertiary/aromatic N) is 2. The average molecular weight is 324 g/mol. The molecule has 11 heteroatoms. The van der Waals surface area contributed by atoms with Crippen LogP contribution in [0.3, 0.4) is 0 Å². The summed E-state index contributed by atoms with van der Waals surface area (Å²) in [6, 6.07) is -0.0408. The van der Waals surface area contributed by atoms with Gasteiger partial charge in [-0.15, -0.1) is 0 Å². The van der Waals surface area contributed by atoms with Gasteiger partial charge in [-0.3, -0.25) is 9.40 Å². The number of aryl methyl sites for hydroxylation is 1. The van der Waals surface area contributed by atoms with Crippen molar-refractivity contribution in [3.63, 3.8) is 0 Å². The SMILES string of the molecule is Cn1cc(S(=O)(=O)Nc2c(F)c(F)cc(F)c2F)c(N)n1. The molecule has 0 unspecified atom stereocenters. The maximum atomic E-state index is 13.4. The monoisotopic (exact) mass is 324 g/mol. The van der Waals surface area contributed by atoms with Gasteiger partial charge in [0.2, 0.25) is 0 Å². The van der Waals surface area contributed by atoms with Crippen LogP contribution in [-0.4, -0.2) is 18.2 Å². The molecule has 1 heterocycles. The van der Waals surface area contributed by atoms with Gasteiger partial charge >= 0.3 is 0 Å². The zero-order chi connectivity index (χ0) is 15.9. The minimum atomic E-state index is -4.57. The fourth-order valence-electron chi connectivity index (χ4n) is 1.54. The van der Waals surface area contributed by atoms with E-state index in [0.717, 1.165) is 10.9 Å². The van der Waals surface area contributed by atoms with Crippen molar-refractivity contribution in [1.29, 1.82) is 0 Å². The number of rotatable bonds is 3. The quantitative estimate of drug-likeness (QED) is 0.659. The molecule has 1 aromatic carbocycles. The lowest BCUT2D eigenvalue weighted by molar-refractivity contribution is 0.459. The van der Waals surface area contributed by atoms with Crippen LogP contribution < -0.4 is 10.5 Å². The van der Waals surface area contributed by atoms with Crippen LogP contribution in [0.2, 0.25) is 0 Å². The molecular formula is C10H8F4N4O2S. The van der Waals surface area contributed by atoms with E-state index in [0.29, 0.717) is 0 Å². The van der Waals surface area contributed by atoms with Crippen molar-refractivity contribution in [1.82, 2.24) is 9.78 Å². The predicted octanol–water partition coefficient (Wildman–Crippen LogP) is 1.36. The van der Waals surface area contributed by atoms with Gasteiger partial charge in [0.15, 0.2) is 29.1 Å². The molecule has 3 N–H and O–H groups in total. The fourth-order valence-corrected chi connectivity index (χ4v) is 2.71. The molecule has 0 atom stereocenters. The van der Waals surface area contributed by atoms with E-state index in [9.17, 15) is 26.0 Å². The molecule has 0 aliphatic carbocycles. The molecule has 2 aromatic rings. The summed E-state index contributed by atoms with van der Waals surface area (Å²) >= 11 is 0. The molecule has 1 aromatic heterocycles. The number of nitrogens with one attached hydrogen (secondary N) is 1. The van der Waals surface area contributed by atoms with Crippen LogP contribution in [-0.2, 0) is 17.1 Å². The predicted molar refractivity (Wildman–Crippen MR) is 64.7 cm³/mol. The highest BCUT2D eigenvalue weighted by Gasteiger charge is 2.27. The number of anilines is 2. The summed E-state index contributed by atoms with van der Waals surface area (Å²) in [6.45, 7) is 0. The molecule has 0 saturated carbocycles. The van der Waals surface area contributed by atoms with Crippen LogP contribution in [0, 0.1) is 23.3 Å². The second-order valence-electron chi connectivity index (χ2n) is 4.00. The van der Waals surface area contributed by atoms with Crippen molar-refractivity contribution in [2.75, 3.05) is 10.5 Å². The van der Waals surface area contributed by atoms with Crippen molar-refractivity contribution < 1.29 is 26.0 Å². The molecular weight excluding hydrogens is 316 g/mol. The first-order valence-electron chi connectivity index (χ1n) is 5.28. The Labute approximate surface area is 116 Å². The summed E-state index contributed by atoms with van der Waals surface area (Å²) in [6.07, 6.45) is 0.961. The van der Waals surface area contributed by atoms with Crippen LogP contribution >= 0.6 is 0 Å². The topological polar surface area (TPSA) is 90.0 Å². The third-order valence-corrected chi connectivity index (χ3v) is 3.83. The number of benzene rings is 1. The van der Waals surface area contributed by atoms with E-state index in [-0.39, 0.29) is 6.07 Å². The summed E-state index contributed by atoms with van der Waals surface area (Å²) in [4.78, 5) is -0.589. The second kappa shape index (κ2) is 4.91. The minimum Gasteiger partial charge on any atom is -0.381 e. The number of halogens is 4. The molecule has 2 rings (SSSR count). The number of hydrogen-bond donors (Lipinski definition) is 2. The van der Waals surface area contributed by atoms with Crippen molar-refractivity contribution >= 4 is 21.5 Å². The van der Waals surface area contributed by atoms with Gasteiger partial charge in [0.1, 0.15) is 10.6 Å². The molecule has 0 fully saturated rings. The summed E-state index contributed by atoms with van der Waals surface area (Å²) in [7, 11) is -3.21. The molecule has 0 saturated heterocycles. The highest BCUT2D eigenvalue weighted by molar-refractivity contribution is 7.92. The normalized spacial score (nSPS) is 11.7. The maximum Gasteiger partial charge on any atom is 0.267 e. The molecule has 0 spiro atoms. The molecule has 0 bridgehead atoms. The largest absolute Gasteiger partial charge is 0.381 e. The zero-order valence-corrected chi connectivity index (χ0v) is 11.2. The van der Waals surface area contributed by atoms with Crippen molar-refractivity contribution in [2.45, 2.75) is 4.90 Å². The summed E-state index contributed by atoms with van der Waals surface area (Å²) in [5, 5.41) is 3.54. The Hall–Kier alpha value is -2.30. The van der Waals surface area contributed by atoms with Gasteiger partial charge in [0, 0.05) is 19.3 Å². The van der Waals surface area contributed by atoms with Crippen molar-refractivity contribution in [3.05, 3.63) is 35.5 Å². The maximum absolute atomic E-state index is 13.4. The molecule has 0 aliphatic rings. The minimum absolute atomic E-state index is 0.0408.